The first-order valence-electron chi connectivity index (χ1n) is 5.91. The predicted molar refractivity (Wildman–Crippen MR) is 80.6 cm³/mol. The first-order valence-corrected chi connectivity index (χ1v) is 7.23. The fourth-order valence-electron chi connectivity index (χ4n) is 1.73. The fraction of sp³-hybridized carbons (Fsp3) is 0.200. The third-order valence-electron chi connectivity index (χ3n) is 2.72. The van der Waals surface area contributed by atoms with Crippen molar-refractivity contribution < 1.29 is 9.84 Å². The van der Waals surface area contributed by atoms with Gasteiger partial charge in [-0.25, -0.2) is 0 Å². The van der Waals surface area contributed by atoms with Gasteiger partial charge in [0.15, 0.2) is 0 Å². The van der Waals surface area contributed by atoms with E-state index in [9.17, 15) is 5.11 Å². The topological polar surface area (TPSA) is 29.5 Å². The molecule has 0 radical (unpaired) electrons. The van der Waals surface area contributed by atoms with Gasteiger partial charge in [-0.05, 0) is 17.7 Å². The van der Waals surface area contributed by atoms with E-state index in [2.05, 4.69) is 15.9 Å². The van der Waals surface area contributed by atoms with Crippen molar-refractivity contribution in [2.24, 2.45) is 0 Å². The van der Waals surface area contributed by atoms with Crippen LogP contribution in [0.4, 0.5) is 0 Å². The van der Waals surface area contributed by atoms with E-state index in [1.165, 1.54) is 0 Å². The molecule has 0 aliphatic carbocycles. The van der Waals surface area contributed by atoms with E-state index in [1.54, 1.807) is 0 Å². The zero-order valence-electron chi connectivity index (χ0n) is 10.2. The van der Waals surface area contributed by atoms with E-state index >= 15 is 0 Å². The Balaban J connectivity index is 2.16. The van der Waals surface area contributed by atoms with Crippen molar-refractivity contribution in [1.29, 1.82) is 0 Å². The number of ether oxygens (including phenoxy) is 1. The molecule has 2 rings (SSSR count). The van der Waals surface area contributed by atoms with Crippen molar-refractivity contribution in [3.8, 4) is 5.75 Å². The summed E-state index contributed by atoms with van der Waals surface area (Å²) in [6, 6.07) is 15.4. The van der Waals surface area contributed by atoms with Gasteiger partial charge >= 0.3 is 0 Å². The molecule has 0 amide bonds. The Hall–Kier alpha value is -1.03. The zero-order valence-corrected chi connectivity index (χ0v) is 12.6. The minimum Gasteiger partial charge on any atom is -0.488 e. The molecule has 0 bridgehead atoms. The molecule has 1 atom stereocenters. The molecular weight excluding hydrogens is 328 g/mol. The van der Waals surface area contributed by atoms with Crippen LogP contribution in [0.1, 0.15) is 17.2 Å². The maximum absolute atomic E-state index is 9.87. The molecule has 0 saturated carbocycles. The summed E-state index contributed by atoms with van der Waals surface area (Å²) in [5.41, 5.74) is 1.78. The molecule has 2 aromatic rings. The van der Waals surface area contributed by atoms with E-state index in [-0.39, 0.29) is 5.88 Å². The minimum atomic E-state index is -0.722. The van der Waals surface area contributed by atoms with Gasteiger partial charge in [0.1, 0.15) is 12.4 Å². The molecule has 19 heavy (non-hydrogen) atoms. The highest BCUT2D eigenvalue weighted by atomic mass is 79.9. The SMILES string of the molecule is O[C@H](CCl)c1ccc(Br)cc1OCc1ccccc1. The quantitative estimate of drug-likeness (QED) is 0.822. The molecule has 1 N–H and O–H groups in total. The van der Waals surface area contributed by atoms with Gasteiger partial charge in [-0.15, -0.1) is 11.6 Å². The monoisotopic (exact) mass is 340 g/mol. The minimum absolute atomic E-state index is 0.142. The van der Waals surface area contributed by atoms with Crippen LogP contribution in [-0.4, -0.2) is 11.0 Å². The number of hydrogen-bond acceptors (Lipinski definition) is 2. The summed E-state index contributed by atoms with van der Waals surface area (Å²) < 4.78 is 6.68. The Morgan fingerprint density at radius 1 is 1.16 bits per heavy atom. The Bertz CT molecular complexity index is 531. The number of hydrogen-bond donors (Lipinski definition) is 1. The highest BCUT2D eigenvalue weighted by Crippen LogP contribution is 2.30. The summed E-state index contributed by atoms with van der Waals surface area (Å²) in [5, 5.41) is 9.87. The molecule has 0 spiro atoms. The molecule has 100 valence electrons. The number of aliphatic hydroxyl groups excluding tert-OH is 1. The van der Waals surface area contributed by atoms with Crippen molar-refractivity contribution in [2.75, 3.05) is 5.88 Å². The average molecular weight is 342 g/mol. The molecule has 0 heterocycles. The summed E-state index contributed by atoms with van der Waals surface area (Å²) in [7, 11) is 0. The molecule has 0 aromatic heterocycles. The second kappa shape index (κ2) is 6.94. The molecule has 0 fully saturated rings. The van der Waals surface area contributed by atoms with Gasteiger partial charge in [-0.3, -0.25) is 0 Å². The lowest BCUT2D eigenvalue weighted by molar-refractivity contribution is 0.193. The van der Waals surface area contributed by atoms with E-state index in [0.29, 0.717) is 17.9 Å². The molecule has 4 heteroatoms. The van der Waals surface area contributed by atoms with Crippen LogP contribution in [0.15, 0.2) is 53.0 Å². The summed E-state index contributed by atoms with van der Waals surface area (Å²) in [6.07, 6.45) is -0.722. The third kappa shape index (κ3) is 3.96. The largest absolute Gasteiger partial charge is 0.488 e. The average Bonchev–Trinajstić information content (AvgIpc) is 2.45. The second-order valence-electron chi connectivity index (χ2n) is 4.13. The maximum atomic E-state index is 9.87. The highest BCUT2D eigenvalue weighted by Gasteiger charge is 2.13. The first kappa shape index (κ1) is 14.4. The van der Waals surface area contributed by atoms with Crippen LogP contribution in [0.3, 0.4) is 0 Å². The van der Waals surface area contributed by atoms with Gasteiger partial charge in [0.2, 0.25) is 0 Å². The predicted octanol–water partition coefficient (Wildman–Crippen LogP) is 4.30. The smallest absolute Gasteiger partial charge is 0.126 e. The molecule has 0 unspecified atom stereocenters. The lowest BCUT2D eigenvalue weighted by Crippen LogP contribution is -2.04. The number of benzene rings is 2. The van der Waals surface area contributed by atoms with Crippen molar-refractivity contribution >= 4 is 27.5 Å². The van der Waals surface area contributed by atoms with Crippen LogP contribution in [0, 0.1) is 0 Å². The van der Waals surface area contributed by atoms with E-state index < -0.39 is 6.10 Å². The number of alkyl halides is 1. The molecule has 0 saturated heterocycles. The molecular formula is C15H14BrClO2. The normalized spacial score (nSPS) is 12.2. The number of halogens is 2. The summed E-state index contributed by atoms with van der Waals surface area (Å²) in [6.45, 7) is 0.458. The van der Waals surface area contributed by atoms with Gasteiger partial charge in [0.05, 0.1) is 12.0 Å². The van der Waals surface area contributed by atoms with Crippen molar-refractivity contribution in [3.63, 3.8) is 0 Å². The van der Waals surface area contributed by atoms with Gasteiger partial charge in [-0.2, -0.15) is 0 Å². The van der Waals surface area contributed by atoms with E-state index in [4.69, 9.17) is 16.3 Å². The van der Waals surface area contributed by atoms with E-state index in [1.807, 2.05) is 48.5 Å². The summed E-state index contributed by atoms with van der Waals surface area (Å²) in [5.74, 6) is 0.787. The van der Waals surface area contributed by atoms with Crippen LogP contribution in [-0.2, 0) is 6.61 Å². The Kier molecular flexibility index (Phi) is 5.25. The molecule has 0 aliphatic heterocycles. The van der Waals surface area contributed by atoms with Gasteiger partial charge in [-0.1, -0.05) is 52.3 Å². The van der Waals surface area contributed by atoms with E-state index in [0.717, 1.165) is 10.0 Å². The van der Waals surface area contributed by atoms with Gasteiger partial charge in [0.25, 0.3) is 0 Å². The highest BCUT2D eigenvalue weighted by molar-refractivity contribution is 9.10. The fourth-order valence-corrected chi connectivity index (χ4v) is 2.23. The Morgan fingerprint density at radius 3 is 2.58 bits per heavy atom. The van der Waals surface area contributed by atoms with Crippen molar-refractivity contribution in [2.45, 2.75) is 12.7 Å². The van der Waals surface area contributed by atoms with Crippen molar-refractivity contribution in [3.05, 3.63) is 64.1 Å². The lowest BCUT2D eigenvalue weighted by Gasteiger charge is -2.15. The number of rotatable bonds is 5. The zero-order chi connectivity index (χ0) is 13.7. The van der Waals surface area contributed by atoms with Gasteiger partial charge in [0, 0.05) is 10.0 Å². The van der Waals surface area contributed by atoms with Crippen LogP contribution in [0.2, 0.25) is 0 Å². The summed E-state index contributed by atoms with van der Waals surface area (Å²) in [4.78, 5) is 0. The van der Waals surface area contributed by atoms with Crippen molar-refractivity contribution in [1.82, 2.24) is 0 Å². The van der Waals surface area contributed by atoms with Crippen LogP contribution in [0.5, 0.6) is 5.75 Å². The molecule has 0 aliphatic rings. The third-order valence-corrected chi connectivity index (χ3v) is 3.50. The summed E-state index contributed by atoms with van der Waals surface area (Å²) >= 11 is 9.10. The number of aliphatic hydroxyl groups is 1. The first-order chi connectivity index (χ1) is 9.20. The second-order valence-corrected chi connectivity index (χ2v) is 5.35. The molecule has 2 aromatic carbocycles. The van der Waals surface area contributed by atoms with Crippen LogP contribution in [0.25, 0.3) is 0 Å². The lowest BCUT2D eigenvalue weighted by atomic mass is 10.1. The Labute approximate surface area is 126 Å². The van der Waals surface area contributed by atoms with Crippen LogP contribution >= 0.6 is 27.5 Å². The van der Waals surface area contributed by atoms with Crippen LogP contribution < -0.4 is 4.74 Å². The maximum Gasteiger partial charge on any atom is 0.126 e. The standard InChI is InChI=1S/C15H14BrClO2/c16-12-6-7-13(14(18)9-17)15(8-12)19-10-11-4-2-1-3-5-11/h1-8,14,18H,9-10H2/t14-/m1/s1. The molecule has 2 nitrogen and oxygen atoms in total. The Morgan fingerprint density at radius 2 is 1.89 bits per heavy atom. The van der Waals surface area contributed by atoms with Gasteiger partial charge < -0.3 is 9.84 Å².